The molecule has 0 radical (unpaired) electrons. The van der Waals surface area contributed by atoms with Crippen LogP contribution in [0, 0.1) is 0 Å². The van der Waals surface area contributed by atoms with E-state index in [0.29, 0.717) is 0 Å². The van der Waals surface area contributed by atoms with Crippen molar-refractivity contribution in [1.82, 2.24) is 0 Å². The SMILES string of the molecule is CC1(C)c2ccccc2-c2cc3c(cc21)-c1ccccc1C3c1ccc2sc3ccccc3c2c1. The van der Waals surface area contributed by atoms with Crippen molar-refractivity contribution >= 4 is 31.5 Å². The Bertz CT molecular complexity index is 1830. The molecule has 0 saturated carbocycles. The van der Waals surface area contributed by atoms with Gasteiger partial charge in [-0.15, -0.1) is 11.3 Å². The second-order valence-corrected chi connectivity index (χ2v) is 11.6. The van der Waals surface area contributed by atoms with Crippen LogP contribution in [0.5, 0.6) is 0 Å². The molecule has 1 unspecified atom stereocenters. The minimum absolute atomic E-state index is 0.0164. The molecule has 0 amide bonds. The monoisotopic (exact) mass is 464 g/mol. The summed E-state index contributed by atoms with van der Waals surface area (Å²) >= 11 is 1.89. The number of fused-ring (bicyclic) bond motifs is 9. The molecule has 166 valence electrons. The Labute approximate surface area is 209 Å². The normalized spacial score (nSPS) is 16.8. The van der Waals surface area contributed by atoms with E-state index in [1.807, 2.05) is 11.3 Å². The second kappa shape index (κ2) is 6.71. The third-order valence-corrected chi connectivity index (χ3v) is 9.51. The summed E-state index contributed by atoms with van der Waals surface area (Å²) in [5, 5.41) is 2.74. The number of rotatable bonds is 1. The van der Waals surface area contributed by atoms with Gasteiger partial charge in [0.05, 0.1) is 0 Å². The molecule has 2 aliphatic carbocycles. The largest absolute Gasteiger partial charge is 0.135 e. The van der Waals surface area contributed by atoms with Crippen LogP contribution < -0.4 is 0 Å². The van der Waals surface area contributed by atoms with Crippen LogP contribution >= 0.6 is 11.3 Å². The van der Waals surface area contributed by atoms with E-state index in [0.717, 1.165) is 0 Å². The molecule has 0 bridgehead atoms. The summed E-state index contributed by atoms with van der Waals surface area (Å²) in [7, 11) is 0. The molecule has 0 fully saturated rings. The minimum Gasteiger partial charge on any atom is -0.135 e. The highest BCUT2D eigenvalue weighted by molar-refractivity contribution is 7.25. The van der Waals surface area contributed by atoms with Crippen molar-refractivity contribution in [3.8, 4) is 22.3 Å². The van der Waals surface area contributed by atoms with Gasteiger partial charge in [0.2, 0.25) is 0 Å². The van der Waals surface area contributed by atoms with Crippen LogP contribution in [-0.2, 0) is 5.41 Å². The third kappa shape index (κ3) is 2.52. The maximum absolute atomic E-state index is 2.51. The summed E-state index contributed by atoms with van der Waals surface area (Å²) in [6, 6.07) is 39.0. The standard InChI is InChI=1S/C34H24S/c1-34(2)29-13-7-5-10-22(29)26-18-28-25(19-30(26)34)21-9-3-4-12-24(21)33(28)20-15-16-32-27(17-20)23-11-6-8-14-31(23)35-32/h3-19,33H,1-2H3. The van der Waals surface area contributed by atoms with Gasteiger partial charge in [0.15, 0.2) is 0 Å². The average molecular weight is 465 g/mol. The summed E-state index contributed by atoms with van der Waals surface area (Å²) in [4.78, 5) is 0. The summed E-state index contributed by atoms with van der Waals surface area (Å²) in [5.74, 6) is 0.255. The van der Waals surface area contributed by atoms with Crippen LogP contribution in [0.15, 0.2) is 103 Å². The zero-order valence-corrected chi connectivity index (χ0v) is 20.6. The van der Waals surface area contributed by atoms with Gasteiger partial charge in [0.25, 0.3) is 0 Å². The van der Waals surface area contributed by atoms with Crippen molar-refractivity contribution in [2.24, 2.45) is 0 Å². The van der Waals surface area contributed by atoms with E-state index in [9.17, 15) is 0 Å². The Morgan fingerprint density at radius 3 is 2.20 bits per heavy atom. The number of hydrogen-bond donors (Lipinski definition) is 0. The van der Waals surface area contributed by atoms with E-state index in [4.69, 9.17) is 0 Å². The molecule has 0 nitrogen and oxygen atoms in total. The lowest BCUT2D eigenvalue weighted by molar-refractivity contribution is 0.660. The summed E-state index contributed by atoms with van der Waals surface area (Å²) in [5.41, 5.74) is 12.8. The first-order valence-electron chi connectivity index (χ1n) is 12.4. The van der Waals surface area contributed by atoms with E-state index in [-0.39, 0.29) is 11.3 Å². The molecule has 2 aliphatic rings. The Balaban J connectivity index is 1.41. The Morgan fingerprint density at radius 2 is 1.29 bits per heavy atom. The van der Waals surface area contributed by atoms with Gasteiger partial charge in [-0.25, -0.2) is 0 Å². The predicted octanol–water partition coefficient (Wildman–Crippen LogP) is 9.52. The summed E-state index contributed by atoms with van der Waals surface area (Å²) in [6.45, 7) is 4.75. The lowest BCUT2D eigenvalue weighted by atomic mass is 9.81. The van der Waals surface area contributed by atoms with Gasteiger partial charge >= 0.3 is 0 Å². The van der Waals surface area contributed by atoms with Crippen LogP contribution in [0.25, 0.3) is 42.4 Å². The molecule has 0 spiro atoms. The first-order chi connectivity index (χ1) is 17.1. The van der Waals surface area contributed by atoms with E-state index in [2.05, 4.69) is 117 Å². The van der Waals surface area contributed by atoms with Crippen molar-refractivity contribution in [2.45, 2.75) is 25.2 Å². The van der Waals surface area contributed by atoms with Gasteiger partial charge in [0.1, 0.15) is 0 Å². The highest BCUT2D eigenvalue weighted by Crippen LogP contribution is 2.55. The predicted molar refractivity (Wildman–Crippen MR) is 150 cm³/mol. The molecular weight excluding hydrogens is 440 g/mol. The van der Waals surface area contributed by atoms with Crippen LogP contribution in [-0.4, -0.2) is 0 Å². The van der Waals surface area contributed by atoms with Crippen molar-refractivity contribution in [3.05, 3.63) is 131 Å². The van der Waals surface area contributed by atoms with Crippen molar-refractivity contribution < 1.29 is 0 Å². The lowest BCUT2D eigenvalue weighted by Gasteiger charge is -2.22. The van der Waals surface area contributed by atoms with Gasteiger partial charge < -0.3 is 0 Å². The first kappa shape index (κ1) is 19.6. The van der Waals surface area contributed by atoms with Crippen molar-refractivity contribution in [2.75, 3.05) is 0 Å². The molecule has 5 aromatic carbocycles. The zero-order chi connectivity index (χ0) is 23.3. The quantitative estimate of drug-likeness (QED) is 0.227. The fraction of sp³-hybridized carbons (Fsp3) is 0.118. The Morgan fingerprint density at radius 1 is 0.543 bits per heavy atom. The van der Waals surface area contributed by atoms with E-state index in [1.54, 1.807) is 0 Å². The molecule has 1 aromatic heterocycles. The van der Waals surface area contributed by atoms with Crippen LogP contribution in [0.4, 0.5) is 0 Å². The molecule has 1 heterocycles. The maximum Gasteiger partial charge on any atom is 0.0355 e. The van der Waals surface area contributed by atoms with Crippen LogP contribution in [0.2, 0.25) is 0 Å². The molecule has 0 aliphatic heterocycles. The summed E-state index contributed by atoms with van der Waals surface area (Å²) in [6.07, 6.45) is 0. The molecule has 8 rings (SSSR count). The van der Waals surface area contributed by atoms with E-state index < -0.39 is 0 Å². The van der Waals surface area contributed by atoms with E-state index in [1.165, 1.54) is 70.2 Å². The van der Waals surface area contributed by atoms with Gasteiger partial charge in [-0.2, -0.15) is 0 Å². The maximum atomic E-state index is 2.51. The highest BCUT2D eigenvalue weighted by Gasteiger charge is 2.39. The average Bonchev–Trinajstić information content (AvgIpc) is 3.49. The van der Waals surface area contributed by atoms with Crippen LogP contribution in [0.3, 0.4) is 0 Å². The van der Waals surface area contributed by atoms with Gasteiger partial charge in [-0.3, -0.25) is 0 Å². The molecule has 1 heteroatoms. The minimum atomic E-state index is 0.0164. The summed E-state index contributed by atoms with van der Waals surface area (Å²) < 4.78 is 2.73. The second-order valence-electron chi connectivity index (χ2n) is 10.5. The number of thiophene rings is 1. The fourth-order valence-electron chi connectivity index (χ4n) is 6.68. The van der Waals surface area contributed by atoms with Gasteiger partial charge in [-0.1, -0.05) is 86.6 Å². The molecule has 1 atom stereocenters. The number of hydrogen-bond acceptors (Lipinski definition) is 1. The van der Waals surface area contributed by atoms with Gasteiger partial charge in [-0.05, 0) is 80.4 Å². The highest BCUT2D eigenvalue weighted by atomic mass is 32.1. The van der Waals surface area contributed by atoms with Crippen molar-refractivity contribution in [3.63, 3.8) is 0 Å². The van der Waals surface area contributed by atoms with Crippen LogP contribution in [0.1, 0.15) is 47.6 Å². The van der Waals surface area contributed by atoms with Gasteiger partial charge in [0, 0.05) is 31.5 Å². The first-order valence-corrected chi connectivity index (χ1v) is 13.2. The fourth-order valence-corrected chi connectivity index (χ4v) is 7.77. The zero-order valence-electron chi connectivity index (χ0n) is 19.8. The molecular formula is C34H24S. The molecule has 0 saturated heterocycles. The third-order valence-electron chi connectivity index (χ3n) is 8.36. The van der Waals surface area contributed by atoms with Crippen molar-refractivity contribution in [1.29, 1.82) is 0 Å². The van der Waals surface area contributed by atoms with E-state index >= 15 is 0 Å². The topological polar surface area (TPSA) is 0 Å². The Hall–Kier alpha value is -3.68. The molecule has 6 aromatic rings. The number of benzene rings is 5. The Kier molecular flexibility index (Phi) is 3.76. The lowest BCUT2D eigenvalue weighted by Crippen LogP contribution is -2.15. The molecule has 35 heavy (non-hydrogen) atoms. The molecule has 0 N–H and O–H groups in total. The smallest absolute Gasteiger partial charge is 0.0355 e.